The zero-order valence-electron chi connectivity index (χ0n) is 9.88. The van der Waals surface area contributed by atoms with Gasteiger partial charge in [0.1, 0.15) is 11.6 Å². The Hall–Kier alpha value is -1.65. The Morgan fingerprint density at radius 2 is 1.94 bits per heavy atom. The van der Waals surface area contributed by atoms with Crippen LogP contribution in [0.15, 0.2) is 18.2 Å². The van der Waals surface area contributed by atoms with Crippen LogP contribution in [0.5, 0.6) is 0 Å². The van der Waals surface area contributed by atoms with E-state index in [0.717, 1.165) is 12.1 Å². The molecule has 98 valence electrons. The SMILES string of the molecule is CCCCC(=O)C(F)C(=O)c1ccc(F)cc1F. The minimum atomic E-state index is -2.38. The van der Waals surface area contributed by atoms with Crippen LogP contribution in [-0.4, -0.2) is 17.7 Å². The molecule has 0 N–H and O–H groups in total. The van der Waals surface area contributed by atoms with Crippen LogP contribution in [0.4, 0.5) is 13.2 Å². The summed E-state index contributed by atoms with van der Waals surface area (Å²) in [5, 5.41) is 0. The molecule has 0 aliphatic heterocycles. The Kier molecular flexibility index (Phi) is 5.07. The van der Waals surface area contributed by atoms with Gasteiger partial charge >= 0.3 is 0 Å². The molecule has 18 heavy (non-hydrogen) atoms. The van der Waals surface area contributed by atoms with E-state index in [1.807, 2.05) is 6.92 Å². The molecule has 5 heteroatoms. The van der Waals surface area contributed by atoms with Crippen molar-refractivity contribution in [3.63, 3.8) is 0 Å². The third-order valence-corrected chi connectivity index (χ3v) is 2.49. The minimum absolute atomic E-state index is 0.0633. The Balaban J connectivity index is 2.83. The van der Waals surface area contributed by atoms with Gasteiger partial charge in [0.25, 0.3) is 0 Å². The molecule has 1 rings (SSSR count). The van der Waals surface area contributed by atoms with E-state index in [1.54, 1.807) is 0 Å². The van der Waals surface area contributed by atoms with E-state index in [1.165, 1.54) is 0 Å². The number of benzene rings is 1. The fourth-order valence-electron chi connectivity index (χ4n) is 1.45. The van der Waals surface area contributed by atoms with Crippen molar-refractivity contribution in [3.8, 4) is 0 Å². The molecule has 0 bridgehead atoms. The molecule has 0 aliphatic carbocycles. The van der Waals surface area contributed by atoms with Crippen molar-refractivity contribution in [3.05, 3.63) is 35.4 Å². The lowest BCUT2D eigenvalue weighted by atomic mass is 10.0. The van der Waals surface area contributed by atoms with E-state index in [0.29, 0.717) is 18.9 Å². The van der Waals surface area contributed by atoms with Gasteiger partial charge in [0.15, 0.2) is 5.78 Å². The third-order valence-electron chi connectivity index (χ3n) is 2.49. The highest BCUT2D eigenvalue weighted by Gasteiger charge is 2.28. The quantitative estimate of drug-likeness (QED) is 0.579. The van der Waals surface area contributed by atoms with Crippen molar-refractivity contribution >= 4 is 11.6 Å². The van der Waals surface area contributed by atoms with Crippen LogP contribution in [0.25, 0.3) is 0 Å². The van der Waals surface area contributed by atoms with Crippen LogP contribution in [0.3, 0.4) is 0 Å². The lowest BCUT2D eigenvalue weighted by molar-refractivity contribution is -0.122. The number of hydrogen-bond acceptors (Lipinski definition) is 2. The van der Waals surface area contributed by atoms with Crippen LogP contribution < -0.4 is 0 Å². The lowest BCUT2D eigenvalue weighted by Crippen LogP contribution is -2.26. The second-order valence-electron chi connectivity index (χ2n) is 3.92. The van der Waals surface area contributed by atoms with Gasteiger partial charge < -0.3 is 0 Å². The summed E-state index contributed by atoms with van der Waals surface area (Å²) in [7, 11) is 0. The lowest BCUT2D eigenvalue weighted by Gasteiger charge is -2.07. The third kappa shape index (κ3) is 3.42. The zero-order valence-corrected chi connectivity index (χ0v) is 9.88. The first kappa shape index (κ1) is 14.4. The topological polar surface area (TPSA) is 34.1 Å². The number of ketones is 2. The predicted octanol–water partition coefficient (Wildman–Crippen LogP) is 3.24. The summed E-state index contributed by atoms with van der Waals surface area (Å²) < 4.78 is 39.4. The van der Waals surface area contributed by atoms with Crippen molar-refractivity contribution in [2.75, 3.05) is 0 Å². The zero-order chi connectivity index (χ0) is 13.7. The van der Waals surface area contributed by atoms with E-state index in [9.17, 15) is 22.8 Å². The van der Waals surface area contributed by atoms with Crippen molar-refractivity contribution < 1.29 is 22.8 Å². The Morgan fingerprint density at radius 1 is 1.28 bits per heavy atom. The summed E-state index contributed by atoms with van der Waals surface area (Å²) >= 11 is 0. The van der Waals surface area contributed by atoms with Crippen LogP contribution in [-0.2, 0) is 4.79 Å². The number of unbranched alkanes of at least 4 members (excludes halogenated alkanes) is 1. The van der Waals surface area contributed by atoms with E-state index in [4.69, 9.17) is 0 Å². The van der Waals surface area contributed by atoms with Gasteiger partial charge in [-0.15, -0.1) is 0 Å². The van der Waals surface area contributed by atoms with Crippen molar-refractivity contribution in [2.45, 2.75) is 32.4 Å². The maximum Gasteiger partial charge on any atom is 0.220 e. The number of carbonyl (C=O) groups is 2. The molecule has 0 spiro atoms. The highest BCUT2D eigenvalue weighted by molar-refractivity contribution is 6.13. The first-order valence-corrected chi connectivity index (χ1v) is 5.63. The maximum atomic E-state index is 13.5. The largest absolute Gasteiger partial charge is 0.296 e. The number of carbonyl (C=O) groups excluding carboxylic acids is 2. The average molecular weight is 258 g/mol. The summed E-state index contributed by atoms with van der Waals surface area (Å²) in [6.45, 7) is 1.82. The average Bonchev–Trinajstić information content (AvgIpc) is 2.34. The van der Waals surface area contributed by atoms with Gasteiger partial charge in [-0.1, -0.05) is 13.3 Å². The van der Waals surface area contributed by atoms with Crippen LogP contribution >= 0.6 is 0 Å². The molecule has 1 aromatic carbocycles. The Morgan fingerprint density at radius 3 is 2.50 bits per heavy atom. The number of halogens is 3. The minimum Gasteiger partial charge on any atom is -0.296 e. The molecule has 0 aliphatic rings. The van der Waals surface area contributed by atoms with Gasteiger partial charge in [-0.2, -0.15) is 0 Å². The molecule has 0 amide bonds. The van der Waals surface area contributed by atoms with Gasteiger partial charge in [-0.05, 0) is 18.6 Å². The second kappa shape index (κ2) is 6.33. The number of rotatable bonds is 6. The van der Waals surface area contributed by atoms with Crippen LogP contribution in [0, 0.1) is 11.6 Å². The van der Waals surface area contributed by atoms with Crippen LogP contribution in [0.1, 0.15) is 36.5 Å². The predicted molar refractivity (Wildman–Crippen MR) is 60.1 cm³/mol. The van der Waals surface area contributed by atoms with E-state index < -0.39 is 34.9 Å². The van der Waals surface area contributed by atoms with Crippen molar-refractivity contribution in [1.29, 1.82) is 0 Å². The fourth-order valence-corrected chi connectivity index (χ4v) is 1.45. The summed E-state index contributed by atoms with van der Waals surface area (Å²) in [6.07, 6.45) is -1.28. The molecule has 0 radical (unpaired) electrons. The molecule has 1 atom stereocenters. The number of alkyl halides is 1. The highest BCUT2D eigenvalue weighted by Crippen LogP contribution is 2.15. The Bertz CT molecular complexity index is 458. The number of hydrogen-bond donors (Lipinski definition) is 0. The van der Waals surface area contributed by atoms with E-state index in [2.05, 4.69) is 0 Å². The molecule has 0 saturated heterocycles. The molecule has 1 aromatic rings. The van der Waals surface area contributed by atoms with Crippen LogP contribution in [0.2, 0.25) is 0 Å². The van der Waals surface area contributed by atoms with Gasteiger partial charge in [0, 0.05) is 12.5 Å². The second-order valence-corrected chi connectivity index (χ2v) is 3.92. The highest BCUT2D eigenvalue weighted by atomic mass is 19.1. The first-order valence-electron chi connectivity index (χ1n) is 5.63. The summed E-state index contributed by atoms with van der Waals surface area (Å²) in [5.41, 5.74) is -0.603. The molecule has 0 aromatic heterocycles. The normalized spacial score (nSPS) is 12.2. The van der Waals surface area contributed by atoms with E-state index >= 15 is 0 Å². The molecule has 0 heterocycles. The fraction of sp³-hybridized carbons (Fsp3) is 0.385. The summed E-state index contributed by atoms with van der Waals surface area (Å²) in [4.78, 5) is 22.8. The van der Waals surface area contributed by atoms with Crippen molar-refractivity contribution in [2.24, 2.45) is 0 Å². The smallest absolute Gasteiger partial charge is 0.220 e. The van der Waals surface area contributed by atoms with Gasteiger partial charge in [-0.3, -0.25) is 9.59 Å². The van der Waals surface area contributed by atoms with Crippen molar-refractivity contribution in [1.82, 2.24) is 0 Å². The summed E-state index contributed by atoms with van der Waals surface area (Å²) in [6, 6.07) is 2.17. The number of Topliss-reactive ketones (excluding diaryl/α,β-unsaturated/α-hetero) is 2. The Labute approximate surface area is 103 Å². The van der Waals surface area contributed by atoms with Gasteiger partial charge in [0.2, 0.25) is 12.0 Å². The molecule has 2 nitrogen and oxygen atoms in total. The molecule has 0 fully saturated rings. The first-order chi connectivity index (χ1) is 8.47. The monoisotopic (exact) mass is 258 g/mol. The summed E-state index contributed by atoms with van der Waals surface area (Å²) in [5.74, 6) is -4.15. The van der Waals surface area contributed by atoms with E-state index in [-0.39, 0.29) is 6.42 Å². The molecule has 1 unspecified atom stereocenters. The maximum absolute atomic E-state index is 13.5. The molecular formula is C13H13F3O2. The standard InChI is InChI=1S/C13H13F3O2/c1-2-3-4-11(17)12(16)13(18)9-6-5-8(14)7-10(9)15/h5-7,12H,2-4H2,1H3. The van der Waals surface area contributed by atoms with Gasteiger partial charge in [-0.25, -0.2) is 13.2 Å². The molecular weight excluding hydrogens is 245 g/mol. The molecule has 0 saturated carbocycles. The van der Waals surface area contributed by atoms with Gasteiger partial charge in [0.05, 0.1) is 5.56 Å².